The fourth-order valence-corrected chi connectivity index (χ4v) is 3.21. The molecule has 0 aliphatic heterocycles. The Balaban J connectivity index is 2.49. The van der Waals surface area contributed by atoms with Crippen LogP contribution in [0.2, 0.25) is 0 Å². The van der Waals surface area contributed by atoms with Crippen LogP contribution in [-0.2, 0) is 14.3 Å². The van der Waals surface area contributed by atoms with Crippen molar-refractivity contribution >= 4 is 5.97 Å². The molecule has 2 atom stereocenters. The van der Waals surface area contributed by atoms with E-state index in [1.165, 1.54) is 0 Å². The number of carbonyl (C=O) groups is 1. The van der Waals surface area contributed by atoms with Crippen molar-refractivity contribution in [1.82, 2.24) is 0 Å². The molecule has 5 nitrogen and oxygen atoms in total. The Labute approximate surface area is 127 Å². The van der Waals surface area contributed by atoms with Crippen molar-refractivity contribution in [2.75, 3.05) is 20.3 Å². The zero-order chi connectivity index (χ0) is 15.9. The van der Waals surface area contributed by atoms with Gasteiger partial charge in [0.2, 0.25) is 0 Å². The fraction of sp³-hybridized carbons (Fsp3) is 0.938. The third-order valence-corrected chi connectivity index (χ3v) is 4.69. The second-order valence-corrected chi connectivity index (χ2v) is 6.39. The van der Waals surface area contributed by atoms with E-state index in [1.807, 2.05) is 6.92 Å². The van der Waals surface area contributed by atoms with Crippen molar-refractivity contribution in [3.8, 4) is 0 Å². The highest BCUT2D eigenvalue weighted by Gasteiger charge is 2.43. The van der Waals surface area contributed by atoms with Crippen LogP contribution >= 0.6 is 0 Å². The smallest absolute Gasteiger partial charge is 0.309 e. The number of aliphatic carboxylic acids is 1. The molecule has 1 saturated carbocycles. The lowest BCUT2D eigenvalue weighted by atomic mass is 9.67. The zero-order valence-corrected chi connectivity index (χ0v) is 13.5. The van der Waals surface area contributed by atoms with Crippen LogP contribution in [0.4, 0.5) is 0 Å². The van der Waals surface area contributed by atoms with Gasteiger partial charge < -0.3 is 19.7 Å². The molecule has 1 aliphatic carbocycles. The number of aliphatic hydroxyl groups excluding tert-OH is 1. The molecule has 124 valence electrons. The molecule has 1 aliphatic rings. The van der Waals surface area contributed by atoms with E-state index in [0.717, 1.165) is 19.3 Å². The summed E-state index contributed by atoms with van der Waals surface area (Å²) in [5.74, 6) is -0.145. The summed E-state index contributed by atoms with van der Waals surface area (Å²) in [5.41, 5.74) is -0.779. The lowest BCUT2D eigenvalue weighted by Gasteiger charge is -2.38. The lowest BCUT2D eigenvalue weighted by molar-refractivity contribution is -0.155. The van der Waals surface area contributed by atoms with Gasteiger partial charge in [0.05, 0.1) is 30.8 Å². The third kappa shape index (κ3) is 5.57. The molecular weight excluding hydrogens is 272 g/mol. The van der Waals surface area contributed by atoms with Crippen LogP contribution < -0.4 is 0 Å². The number of carboxylic acids is 1. The molecule has 0 spiro atoms. The molecule has 5 heteroatoms. The predicted octanol–water partition coefficient (Wildman–Crippen LogP) is 2.46. The Morgan fingerprint density at radius 2 is 1.95 bits per heavy atom. The van der Waals surface area contributed by atoms with E-state index in [1.54, 1.807) is 7.11 Å². The molecule has 0 aromatic heterocycles. The van der Waals surface area contributed by atoms with Gasteiger partial charge in [-0.05, 0) is 44.9 Å². The highest BCUT2D eigenvalue weighted by atomic mass is 16.5. The normalized spacial score (nSPS) is 29.0. The Bertz CT molecular complexity index is 310. The van der Waals surface area contributed by atoms with Gasteiger partial charge in [0.25, 0.3) is 0 Å². The molecule has 0 aromatic carbocycles. The van der Waals surface area contributed by atoms with Crippen molar-refractivity contribution < 1.29 is 24.5 Å². The first kappa shape index (κ1) is 18.4. The molecule has 2 N–H and O–H groups in total. The minimum Gasteiger partial charge on any atom is -0.481 e. The van der Waals surface area contributed by atoms with E-state index >= 15 is 0 Å². The van der Waals surface area contributed by atoms with Gasteiger partial charge in [-0.2, -0.15) is 0 Å². The molecule has 0 radical (unpaired) electrons. The van der Waals surface area contributed by atoms with Crippen LogP contribution in [0.5, 0.6) is 0 Å². The van der Waals surface area contributed by atoms with Gasteiger partial charge in [0, 0.05) is 7.11 Å². The molecule has 0 aromatic rings. The molecule has 2 unspecified atom stereocenters. The van der Waals surface area contributed by atoms with Crippen LogP contribution in [0.15, 0.2) is 0 Å². The number of ether oxygens (including phenoxy) is 2. The second-order valence-electron chi connectivity index (χ2n) is 6.39. The highest BCUT2D eigenvalue weighted by Crippen LogP contribution is 2.43. The number of methoxy groups -OCH3 is 1. The van der Waals surface area contributed by atoms with E-state index in [-0.39, 0.29) is 19.1 Å². The maximum atomic E-state index is 11.7. The molecule has 21 heavy (non-hydrogen) atoms. The van der Waals surface area contributed by atoms with Gasteiger partial charge in [-0.25, -0.2) is 0 Å². The second kappa shape index (κ2) is 8.71. The van der Waals surface area contributed by atoms with E-state index in [0.29, 0.717) is 25.4 Å². The summed E-state index contributed by atoms with van der Waals surface area (Å²) < 4.78 is 10.5. The van der Waals surface area contributed by atoms with Crippen LogP contribution in [0.25, 0.3) is 0 Å². The van der Waals surface area contributed by atoms with Crippen LogP contribution in [-0.4, -0.2) is 48.7 Å². The molecular formula is C16H30O5. The van der Waals surface area contributed by atoms with Crippen LogP contribution in [0, 0.1) is 11.3 Å². The van der Waals surface area contributed by atoms with Gasteiger partial charge in [0.15, 0.2) is 0 Å². The minimum atomic E-state index is -0.779. The highest BCUT2D eigenvalue weighted by molar-refractivity contribution is 5.74. The van der Waals surface area contributed by atoms with Crippen molar-refractivity contribution in [2.45, 2.75) is 64.6 Å². The average molecular weight is 302 g/mol. The minimum absolute atomic E-state index is 0.0961. The molecule has 0 saturated heterocycles. The van der Waals surface area contributed by atoms with Crippen LogP contribution in [0.3, 0.4) is 0 Å². The maximum Gasteiger partial charge on any atom is 0.309 e. The van der Waals surface area contributed by atoms with Crippen LogP contribution in [0.1, 0.15) is 52.4 Å². The van der Waals surface area contributed by atoms with Gasteiger partial charge >= 0.3 is 5.97 Å². The van der Waals surface area contributed by atoms with Crippen molar-refractivity contribution in [2.24, 2.45) is 11.3 Å². The Hall–Kier alpha value is -0.650. The summed E-state index contributed by atoms with van der Waals surface area (Å²) in [4.78, 5) is 11.7. The summed E-state index contributed by atoms with van der Waals surface area (Å²) in [7, 11) is 1.60. The van der Waals surface area contributed by atoms with E-state index < -0.39 is 17.5 Å². The Morgan fingerprint density at radius 1 is 1.33 bits per heavy atom. The van der Waals surface area contributed by atoms with Gasteiger partial charge in [0.1, 0.15) is 0 Å². The lowest BCUT2D eigenvalue weighted by Crippen LogP contribution is -2.39. The maximum absolute atomic E-state index is 11.7. The summed E-state index contributed by atoms with van der Waals surface area (Å²) in [6.07, 6.45) is 3.75. The Kier molecular flexibility index (Phi) is 7.63. The standard InChI is InChI=1S/C16H30O5/c1-4-13-5-7-16(8-6-13,15(18)19)9-14(17)11-21-12(2)10-20-3/h12-14,17H,4-11H2,1-3H3,(H,18,19). The molecule has 1 rings (SSSR count). The quantitative estimate of drug-likeness (QED) is 0.684. The zero-order valence-electron chi connectivity index (χ0n) is 13.5. The largest absolute Gasteiger partial charge is 0.481 e. The third-order valence-electron chi connectivity index (χ3n) is 4.69. The monoisotopic (exact) mass is 302 g/mol. The molecule has 0 amide bonds. The SMILES string of the molecule is CCC1CCC(CC(O)COC(C)COC)(C(=O)O)CC1. The number of hydrogen-bond donors (Lipinski definition) is 2. The Morgan fingerprint density at radius 3 is 2.43 bits per heavy atom. The average Bonchev–Trinajstić information content (AvgIpc) is 2.46. The molecule has 1 fully saturated rings. The summed E-state index contributed by atoms with van der Waals surface area (Å²) in [5, 5.41) is 19.7. The molecule has 0 bridgehead atoms. The number of rotatable bonds is 9. The van der Waals surface area contributed by atoms with Gasteiger partial charge in [-0.1, -0.05) is 13.3 Å². The van der Waals surface area contributed by atoms with E-state index in [4.69, 9.17) is 9.47 Å². The topological polar surface area (TPSA) is 76.0 Å². The summed E-state index contributed by atoms with van der Waals surface area (Å²) >= 11 is 0. The van der Waals surface area contributed by atoms with E-state index in [9.17, 15) is 15.0 Å². The number of hydrogen-bond acceptors (Lipinski definition) is 4. The molecule has 0 heterocycles. The number of aliphatic hydroxyl groups is 1. The van der Waals surface area contributed by atoms with Crippen molar-refractivity contribution in [3.63, 3.8) is 0 Å². The first-order chi connectivity index (χ1) is 9.93. The number of carboxylic acid groups (broad SMARTS) is 1. The van der Waals surface area contributed by atoms with Gasteiger partial charge in [-0.15, -0.1) is 0 Å². The summed E-state index contributed by atoms with van der Waals surface area (Å²) in [6, 6.07) is 0. The first-order valence-corrected chi connectivity index (χ1v) is 7.95. The van der Waals surface area contributed by atoms with Gasteiger partial charge in [-0.3, -0.25) is 4.79 Å². The van der Waals surface area contributed by atoms with Crippen molar-refractivity contribution in [3.05, 3.63) is 0 Å². The summed E-state index contributed by atoms with van der Waals surface area (Å²) in [6.45, 7) is 4.65. The predicted molar refractivity (Wildman–Crippen MR) is 80.2 cm³/mol. The fourth-order valence-electron chi connectivity index (χ4n) is 3.21. The van der Waals surface area contributed by atoms with Crippen molar-refractivity contribution in [1.29, 1.82) is 0 Å². The van der Waals surface area contributed by atoms with E-state index in [2.05, 4.69) is 6.92 Å². The first-order valence-electron chi connectivity index (χ1n) is 7.95.